The van der Waals surface area contributed by atoms with E-state index in [4.69, 9.17) is 11.6 Å². The highest BCUT2D eigenvalue weighted by Gasteiger charge is 2.42. The molecule has 1 unspecified atom stereocenters. The fourth-order valence-corrected chi connectivity index (χ4v) is 4.15. The van der Waals surface area contributed by atoms with E-state index in [9.17, 15) is 28.0 Å². The summed E-state index contributed by atoms with van der Waals surface area (Å²) in [5.74, 6) is -6.23. The van der Waals surface area contributed by atoms with Gasteiger partial charge in [-0.25, -0.2) is 0 Å². The Hall–Kier alpha value is -3.27. The lowest BCUT2D eigenvalue weighted by Gasteiger charge is -2.34. The van der Waals surface area contributed by atoms with Gasteiger partial charge in [0, 0.05) is 35.7 Å². The maximum atomic E-state index is 14.4. The maximum Gasteiger partial charge on any atom is 0.349 e. The molecule has 4 rings (SSSR count). The number of alkyl halides is 2. The number of rotatable bonds is 5. The smallest absolute Gasteiger partial charge is 0.346 e. The second kappa shape index (κ2) is 8.59. The van der Waals surface area contributed by atoms with Crippen LogP contribution in [0.2, 0.25) is 5.02 Å². The Morgan fingerprint density at radius 2 is 1.85 bits per heavy atom. The highest BCUT2D eigenvalue weighted by atomic mass is 35.5. The van der Waals surface area contributed by atoms with Crippen LogP contribution in [0.15, 0.2) is 42.5 Å². The molecule has 2 aliphatic heterocycles. The van der Waals surface area contributed by atoms with Crippen LogP contribution in [-0.2, 0) is 33.4 Å². The summed E-state index contributed by atoms with van der Waals surface area (Å²) in [6.07, 6.45) is 0.427. The van der Waals surface area contributed by atoms with Crippen LogP contribution in [0.4, 0.5) is 8.78 Å². The van der Waals surface area contributed by atoms with Gasteiger partial charge in [0.15, 0.2) is 0 Å². The van der Waals surface area contributed by atoms with Crippen molar-refractivity contribution in [1.29, 1.82) is 0 Å². The molecule has 1 atom stereocenters. The second-order valence-electron chi connectivity index (χ2n) is 8.03. The lowest BCUT2D eigenvalue weighted by atomic mass is 9.99. The summed E-state index contributed by atoms with van der Waals surface area (Å²) < 4.78 is 28.9. The Labute approximate surface area is 194 Å². The van der Waals surface area contributed by atoms with Crippen LogP contribution < -0.4 is 5.32 Å². The molecular weight excluding hydrogens is 455 g/mol. The fourth-order valence-electron chi connectivity index (χ4n) is 4.03. The number of fused-ring (bicyclic) bond motifs is 1. The molecule has 170 valence electrons. The van der Waals surface area contributed by atoms with Crippen LogP contribution in [0, 0.1) is 0 Å². The first-order valence-corrected chi connectivity index (χ1v) is 10.6. The van der Waals surface area contributed by atoms with Gasteiger partial charge in [-0.3, -0.25) is 19.2 Å². The van der Waals surface area contributed by atoms with Gasteiger partial charge in [0.1, 0.15) is 6.04 Å². The van der Waals surface area contributed by atoms with E-state index in [1.807, 2.05) is 0 Å². The molecule has 2 aromatic carbocycles. The topological polar surface area (TPSA) is 86.8 Å². The van der Waals surface area contributed by atoms with Crippen LogP contribution in [0.5, 0.6) is 0 Å². The third-order valence-electron chi connectivity index (χ3n) is 5.94. The summed E-state index contributed by atoms with van der Waals surface area (Å²) in [5.41, 5.74) is 1.10. The molecule has 33 heavy (non-hydrogen) atoms. The SMILES string of the molecule is BN1C(=O)CCC(N2Cc3cc(CNC(=O)C(F)(F)c4ccc(Cl)cc4)ccc3C2=O)C1=O. The van der Waals surface area contributed by atoms with Crippen molar-refractivity contribution in [2.45, 2.75) is 37.9 Å². The van der Waals surface area contributed by atoms with E-state index < -0.39 is 29.3 Å². The summed E-state index contributed by atoms with van der Waals surface area (Å²) in [6.45, 7) is -0.00158. The normalized spacial score (nSPS) is 18.5. The van der Waals surface area contributed by atoms with Crippen molar-refractivity contribution in [1.82, 2.24) is 15.0 Å². The predicted octanol–water partition coefficient (Wildman–Crippen LogP) is 1.77. The van der Waals surface area contributed by atoms with Gasteiger partial charge >= 0.3 is 5.92 Å². The maximum absolute atomic E-state index is 14.4. The highest BCUT2D eigenvalue weighted by molar-refractivity contribution is 6.30. The molecule has 0 radical (unpaired) electrons. The molecule has 2 aliphatic rings. The minimum absolute atomic E-state index is 0.162. The molecule has 1 saturated heterocycles. The highest BCUT2D eigenvalue weighted by Crippen LogP contribution is 2.31. The van der Waals surface area contributed by atoms with E-state index in [2.05, 4.69) is 5.32 Å². The molecule has 0 aromatic heterocycles. The number of piperidine rings is 1. The van der Waals surface area contributed by atoms with Gasteiger partial charge in [0.25, 0.3) is 11.8 Å². The molecule has 4 amide bonds. The van der Waals surface area contributed by atoms with Gasteiger partial charge in [-0.1, -0.05) is 35.9 Å². The summed E-state index contributed by atoms with van der Waals surface area (Å²) in [7, 11) is 1.39. The first kappa shape index (κ1) is 22.9. The minimum Gasteiger partial charge on any atom is -0.346 e. The monoisotopic (exact) mass is 473 g/mol. The molecule has 11 heteroatoms. The lowest BCUT2D eigenvalue weighted by Crippen LogP contribution is -2.53. The number of carbonyl (C=O) groups excluding carboxylic acids is 4. The quantitative estimate of drug-likeness (QED) is 0.530. The Morgan fingerprint density at radius 3 is 2.55 bits per heavy atom. The Morgan fingerprint density at radius 1 is 1.15 bits per heavy atom. The first-order chi connectivity index (χ1) is 15.6. The zero-order valence-electron chi connectivity index (χ0n) is 17.6. The number of amides is 4. The van der Waals surface area contributed by atoms with Gasteiger partial charge in [-0.2, -0.15) is 8.78 Å². The third-order valence-corrected chi connectivity index (χ3v) is 6.20. The number of halogens is 3. The van der Waals surface area contributed by atoms with Crippen molar-refractivity contribution < 1.29 is 28.0 Å². The van der Waals surface area contributed by atoms with Gasteiger partial charge in [0.2, 0.25) is 19.8 Å². The van der Waals surface area contributed by atoms with E-state index in [0.717, 1.165) is 16.9 Å². The fraction of sp³-hybridized carbons (Fsp3) is 0.273. The average molecular weight is 474 g/mol. The molecule has 1 N–H and O–H groups in total. The number of imide groups is 1. The molecule has 2 aromatic rings. The largest absolute Gasteiger partial charge is 0.349 e. The first-order valence-electron chi connectivity index (χ1n) is 10.2. The number of benzene rings is 2. The van der Waals surface area contributed by atoms with Crippen molar-refractivity contribution in [3.8, 4) is 0 Å². The van der Waals surface area contributed by atoms with E-state index in [0.29, 0.717) is 16.7 Å². The van der Waals surface area contributed by atoms with Crippen molar-refractivity contribution in [2.24, 2.45) is 0 Å². The Balaban J connectivity index is 1.44. The van der Waals surface area contributed by atoms with Gasteiger partial charge in [-0.15, -0.1) is 0 Å². The van der Waals surface area contributed by atoms with Gasteiger partial charge < -0.3 is 15.0 Å². The standard InChI is InChI=1S/C22H19BClF2N3O4/c23-29-18(30)8-7-17(20(29)32)28-11-13-9-12(1-6-16(13)19(28)31)10-27-21(33)22(25,26)14-2-4-15(24)5-3-14/h1-6,9,17H,7-8,10-11,23H2,(H,27,33). The second-order valence-corrected chi connectivity index (χ2v) is 8.47. The summed E-state index contributed by atoms with van der Waals surface area (Å²) in [6, 6.07) is 8.80. The molecule has 0 spiro atoms. The van der Waals surface area contributed by atoms with Crippen LogP contribution in [0.25, 0.3) is 0 Å². The molecule has 0 bridgehead atoms. The number of nitrogens with zero attached hydrogens (tertiary/aromatic N) is 2. The number of nitrogens with one attached hydrogen (secondary N) is 1. The van der Waals surface area contributed by atoms with E-state index in [-0.39, 0.29) is 42.8 Å². The van der Waals surface area contributed by atoms with E-state index in [1.165, 1.54) is 25.0 Å². The van der Waals surface area contributed by atoms with Crippen molar-refractivity contribution in [2.75, 3.05) is 0 Å². The minimum atomic E-state index is -3.74. The van der Waals surface area contributed by atoms with Crippen LogP contribution in [0.1, 0.15) is 39.9 Å². The van der Waals surface area contributed by atoms with Crippen molar-refractivity contribution in [3.63, 3.8) is 0 Å². The van der Waals surface area contributed by atoms with E-state index >= 15 is 0 Å². The number of carbonyl (C=O) groups is 4. The lowest BCUT2D eigenvalue weighted by molar-refractivity contribution is -0.147. The molecule has 0 aliphatic carbocycles. The molecule has 1 fully saturated rings. The van der Waals surface area contributed by atoms with Crippen LogP contribution in [0.3, 0.4) is 0 Å². The van der Waals surface area contributed by atoms with E-state index in [1.54, 1.807) is 18.2 Å². The average Bonchev–Trinajstić information content (AvgIpc) is 3.11. The Bertz CT molecular complexity index is 1160. The molecule has 7 nitrogen and oxygen atoms in total. The van der Waals surface area contributed by atoms with Crippen LogP contribution >= 0.6 is 11.6 Å². The molecule has 0 saturated carbocycles. The molecule has 2 heterocycles. The zero-order valence-corrected chi connectivity index (χ0v) is 18.4. The zero-order chi connectivity index (χ0) is 23.9. The summed E-state index contributed by atoms with van der Waals surface area (Å²) in [4.78, 5) is 51.6. The van der Waals surface area contributed by atoms with Crippen LogP contribution in [-0.4, -0.2) is 47.4 Å². The van der Waals surface area contributed by atoms with Crippen molar-refractivity contribution >= 4 is 43.2 Å². The Kier molecular flexibility index (Phi) is 5.96. The summed E-state index contributed by atoms with van der Waals surface area (Å²) in [5, 5.41) is 2.51. The van der Waals surface area contributed by atoms with Crippen molar-refractivity contribution in [3.05, 3.63) is 69.7 Å². The third kappa shape index (κ3) is 4.22. The van der Waals surface area contributed by atoms with Gasteiger partial charge in [-0.05, 0) is 35.7 Å². The van der Waals surface area contributed by atoms with Gasteiger partial charge in [0.05, 0.1) is 0 Å². The number of hydrogen-bond donors (Lipinski definition) is 1. The summed E-state index contributed by atoms with van der Waals surface area (Å²) >= 11 is 5.71. The molecular formula is C22H19BClF2N3O4. The number of hydrogen-bond acceptors (Lipinski definition) is 4. The predicted molar refractivity (Wildman–Crippen MR) is 117 cm³/mol.